The Balaban J connectivity index is 1.77. The van der Waals surface area contributed by atoms with Gasteiger partial charge in [0.1, 0.15) is 5.56 Å². The summed E-state index contributed by atoms with van der Waals surface area (Å²) >= 11 is 1.61. The van der Waals surface area contributed by atoms with Gasteiger partial charge >= 0.3 is 0 Å². The molecule has 1 amide bonds. The molecule has 3 rings (SSSR count). The van der Waals surface area contributed by atoms with E-state index in [1.54, 1.807) is 23.6 Å². The lowest BCUT2D eigenvalue weighted by atomic mass is 10.1. The van der Waals surface area contributed by atoms with Gasteiger partial charge in [0, 0.05) is 11.4 Å². The van der Waals surface area contributed by atoms with Gasteiger partial charge in [0.2, 0.25) is 0 Å². The monoisotopic (exact) mass is 332 g/mol. The number of rotatable bonds is 5. The summed E-state index contributed by atoms with van der Waals surface area (Å²) in [6.45, 7) is 2.47. The molecule has 1 N–H and O–H groups in total. The van der Waals surface area contributed by atoms with E-state index < -0.39 is 0 Å². The minimum absolute atomic E-state index is 0.00413. The zero-order valence-electron chi connectivity index (χ0n) is 13.1. The van der Waals surface area contributed by atoms with Crippen LogP contribution in [-0.4, -0.2) is 40.3 Å². The van der Waals surface area contributed by atoms with Gasteiger partial charge in [0.15, 0.2) is 5.76 Å². The Kier molecular flexibility index (Phi) is 5.03. The van der Waals surface area contributed by atoms with Crippen molar-refractivity contribution >= 4 is 17.7 Å². The molecule has 0 radical (unpaired) electrons. The highest BCUT2D eigenvalue weighted by Crippen LogP contribution is 2.28. The first kappa shape index (κ1) is 16.1. The predicted octanol–water partition coefficient (Wildman–Crippen LogP) is 2.87. The number of nitrogens with zero attached hydrogens (tertiary/aromatic N) is 2. The van der Waals surface area contributed by atoms with Gasteiger partial charge in [0.25, 0.3) is 5.91 Å². The molecular formula is C17H20N2O3S. The van der Waals surface area contributed by atoms with Crippen molar-refractivity contribution in [2.75, 3.05) is 13.2 Å². The van der Waals surface area contributed by atoms with Gasteiger partial charge in [-0.05, 0) is 31.9 Å². The van der Waals surface area contributed by atoms with E-state index in [1.165, 1.54) is 0 Å². The second-order valence-electron chi connectivity index (χ2n) is 5.65. The molecule has 1 aromatic heterocycles. The summed E-state index contributed by atoms with van der Waals surface area (Å²) in [4.78, 5) is 15.7. The van der Waals surface area contributed by atoms with Crippen molar-refractivity contribution in [2.24, 2.45) is 0 Å². The molecule has 5 nitrogen and oxygen atoms in total. The lowest BCUT2D eigenvalue weighted by Crippen LogP contribution is -2.38. The molecule has 1 aromatic carbocycles. The molecular weight excluding hydrogens is 312 g/mol. The number of carbonyl (C=O) groups excluding carboxylic acids is 1. The summed E-state index contributed by atoms with van der Waals surface area (Å²) in [7, 11) is 0. The van der Waals surface area contributed by atoms with Crippen LogP contribution in [0.15, 0.2) is 39.8 Å². The zero-order chi connectivity index (χ0) is 16.2. The van der Waals surface area contributed by atoms with Gasteiger partial charge < -0.3 is 14.5 Å². The first-order chi connectivity index (χ1) is 11.2. The van der Waals surface area contributed by atoms with Crippen LogP contribution in [0, 0.1) is 6.92 Å². The SMILES string of the molecule is Cc1noc(CSc2ccccc2)c1C(=O)N1CCCC1CO. The number of benzene rings is 1. The fourth-order valence-electron chi connectivity index (χ4n) is 2.89. The molecule has 1 aliphatic heterocycles. The van der Waals surface area contributed by atoms with Crippen LogP contribution in [-0.2, 0) is 5.75 Å². The van der Waals surface area contributed by atoms with E-state index in [0.717, 1.165) is 17.7 Å². The van der Waals surface area contributed by atoms with Crippen LogP contribution >= 0.6 is 11.8 Å². The van der Waals surface area contributed by atoms with Gasteiger partial charge in [-0.1, -0.05) is 23.4 Å². The van der Waals surface area contributed by atoms with Crippen LogP contribution in [0.3, 0.4) is 0 Å². The maximum absolute atomic E-state index is 12.8. The quantitative estimate of drug-likeness (QED) is 0.853. The standard InChI is InChI=1S/C17H20N2O3S/c1-12-16(17(21)19-9-5-6-13(19)10-20)15(22-18-12)11-23-14-7-3-2-4-8-14/h2-4,7-8,13,20H,5-6,9-11H2,1H3. The molecule has 0 spiro atoms. The number of aliphatic hydroxyl groups is 1. The highest BCUT2D eigenvalue weighted by Gasteiger charge is 2.32. The molecule has 1 saturated heterocycles. The van der Waals surface area contributed by atoms with E-state index in [1.807, 2.05) is 30.3 Å². The van der Waals surface area contributed by atoms with Crippen LogP contribution in [0.25, 0.3) is 0 Å². The average molecular weight is 332 g/mol. The molecule has 23 heavy (non-hydrogen) atoms. The van der Waals surface area contributed by atoms with Crippen LogP contribution in [0.5, 0.6) is 0 Å². The molecule has 2 heterocycles. The summed E-state index contributed by atoms with van der Waals surface area (Å²) in [5, 5.41) is 13.4. The number of carbonyl (C=O) groups is 1. The summed E-state index contributed by atoms with van der Waals surface area (Å²) in [5.41, 5.74) is 1.16. The van der Waals surface area contributed by atoms with Crippen molar-refractivity contribution in [3.05, 3.63) is 47.3 Å². The predicted molar refractivity (Wildman–Crippen MR) is 88.4 cm³/mol. The maximum atomic E-state index is 12.8. The number of thioether (sulfide) groups is 1. The Morgan fingerprint density at radius 1 is 1.43 bits per heavy atom. The number of aromatic nitrogens is 1. The van der Waals surface area contributed by atoms with Gasteiger partial charge in [-0.2, -0.15) is 0 Å². The van der Waals surface area contributed by atoms with Crippen LogP contribution in [0.4, 0.5) is 0 Å². The van der Waals surface area contributed by atoms with Crippen LogP contribution in [0.1, 0.15) is 34.7 Å². The highest BCUT2D eigenvalue weighted by atomic mass is 32.2. The Hall–Kier alpha value is -1.79. The number of hydrogen-bond acceptors (Lipinski definition) is 5. The third-order valence-electron chi connectivity index (χ3n) is 4.11. The zero-order valence-corrected chi connectivity index (χ0v) is 13.9. The smallest absolute Gasteiger partial charge is 0.259 e. The van der Waals surface area contributed by atoms with Crippen molar-refractivity contribution < 1.29 is 14.4 Å². The van der Waals surface area contributed by atoms with E-state index in [9.17, 15) is 9.90 Å². The van der Waals surface area contributed by atoms with E-state index in [-0.39, 0.29) is 18.6 Å². The topological polar surface area (TPSA) is 66.6 Å². The lowest BCUT2D eigenvalue weighted by molar-refractivity contribution is 0.0675. The number of likely N-dealkylation sites (tertiary alicyclic amines) is 1. The first-order valence-electron chi connectivity index (χ1n) is 7.75. The molecule has 122 valence electrons. The van der Waals surface area contributed by atoms with E-state index in [2.05, 4.69) is 5.16 Å². The largest absolute Gasteiger partial charge is 0.394 e. The highest BCUT2D eigenvalue weighted by molar-refractivity contribution is 7.98. The van der Waals surface area contributed by atoms with Crippen molar-refractivity contribution in [1.82, 2.24) is 10.1 Å². The normalized spacial score (nSPS) is 17.7. The molecule has 6 heteroatoms. The number of aliphatic hydroxyl groups excluding tert-OH is 1. The maximum Gasteiger partial charge on any atom is 0.259 e. The van der Waals surface area contributed by atoms with Gasteiger partial charge in [-0.3, -0.25) is 4.79 Å². The Labute approximate surface area is 139 Å². The van der Waals surface area contributed by atoms with Crippen molar-refractivity contribution in [1.29, 1.82) is 0 Å². The van der Waals surface area contributed by atoms with Crippen molar-refractivity contribution in [3.8, 4) is 0 Å². The minimum atomic E-state index is -0.0913. The molecule has 1 atom stereocenters. The Morgan fingerprint density at radius 2 is 2.22 bits per heavy atom. The van der Waals surface area contributed by atoms with Gasteiger partial charge in [0.05, 0.1) is 24.1 Å². The molecule has 0 aliphatic carbocycles. The second-order valence-corrected chi connectivity index (χ2v) is 6.69. The third kappa shape index (κ3) is 3.43. The summed E-state index contributed by atoms with van der Waals surface area (Å²) in [5.74, 6) is 1.08. The van der Waals surface area contributed by atoms with Crippen LogP contribution < -0.4 is 0 Å². The molecule has 1 unspecified atom stereocenters. The summed E-state index contributed by atoms with van der Waals surface area (Å²) in [6.07, 6.45) is 1.77. The fourth-order valence-corrected chi connectivity index (χ4v) is 3.74. The Morgan fingerprint density at radius 3 is 2.96 bits per heavy atom. The Bertz CT molecular complexity index is 672. The first-order valence-corrected chi connectivity index (χ1v) is 8.74. The summed E-state index contributed by atoms with van der Waals surface area (Å²) < 4.78 is 5.39. The van der Waals surface area contributed by atoms with Crippen molar-refractivity contribution in [2.45, 2.75) is 36.5 Å². The molecule has 0 saturated carbocycles. The number of amides is 1. The third-order valence-corrected chi connectivity index (χ3v) is 5.12. The molecule has 2 aromatic rings. The molecule has 1 fully saturated rings. The van der Waals surface area contributed by atoms with Gasteiger partial charge in [-0.25, -0.2) is 0 Å². The molecule has 0 bridgehead atoms. The summed E-state index contributed by atoms with van der Waals surface area (Å²) in [6, 6.07) is 9.90. The van der Waals surface area contributed by atoms with Gasteiger partial charge in [-0.15, -0.1) is 11.8 Å². The number of aryl methyl sites for hydroxylation is 1. The minimum Gasteiger partial charge on any atom is -0.394 e. The fraction of sp³-hybridized carbons (Fsp3) is 0.412. The average Bonchev–Trinajstić information content (AvgIpc) is 3.19. The van der Waals surface area contributed by atoms with E-state index in [0.29, 0.717) is 29.3 Å². The molecule has 1 aliphatic rings. The number of hydrogen-bond donors (Lipinski definition) is 1. The van der Waals surface area contributed by atoms with E-state index >= 15 is 0 Å². The van der Waals surface area contributed by atoms with Crippen molar-refractivity contribution in [3.63, 3.8) is 0 Å². The van der Waals surface area contributed by atoms with E-state index in [4.69, 9.17) is 4.52 Å². The second kappa shape index (κ2) is 7.19. The van der Waals surface area contributed by atoms with Crippen LogP contribution in [0.2, 0.25) is 0 Å². The lowest BCUT2D eigenvalue weighted by Gasteiger charge is -2.22.